The van der Waals surface area contributed by atoms with E-state index in [2.05, 4.69) is 4.98 Å². The molecule has 0 saturated carbocycles. The number of pyridine rings is 1. The Hall–Kier alpha value is -1.65. The second-order valence-corrected chi connectivity index (χ2v) is 1.58. The largest absolute Gasteiger partial charge is 0.234 e. The predicted molar refractivity (Wildman–Crippen MR) is 34.9 cm³/mol. The maximum Gasteiger partial charge on any atom is 0.190 e. The minimum absolute atomic E-state index is 0.243. The lowest BCUT2D eigenvalue weighted by Crippen LogP contribution is -2.08. The van der Waals surface area contributed by atoms with Crippen LogP contribution in [0.25, 0.3) is 0 Å². The first-order valence-corrected chi connectivity index (χ1v) is 2.61. The topological polar surface area (TPSA) is 68.1 Å². The van der Waals surface area contributed by atoms with Crippen molar-refractivity contribution in [3.8, 4) is 0 Å². The van der Waals surface area contributed by atoms with Crippen LogP contribution in [0.4, 0.5) is 5.82 Å². The van der Waals surface area contributed by atoms with Crippen LogP contribution in [0.5, 0.6) is 0 Å². The molecular weight excluding hydrogens is 134 g/mol. The minimum Gasteiger partial charge on any atom is -0.234 e. The lowest BCUT2D eigenvalue weighted by atomic mass is 10.5. The fourth-order valence-electron chi connectivity index (χ4n) is 0.522. The molecule has 0 aliphatic heterocycles. The molecule has 5 nitrogen and oxygen atoms in total. The lowest BCUT2D eigenvalue weighted by Gasteiger charge is -1.91. The highest BCUT2D eigenvalue weighted by molar-refractivity contribution is 5.29. The molecule has 0 radical (unpaired) electrons. The molecule has 1 aromatic rings. The second kappa shape index (κ2) is 2.77. The standard InChI is InChI=1S/C5H5N3O2/c9-8(10)7-5-3-1-2-4-6-5/h1-4H,(H,6,7). The Morgan fingerprint density at radius 1 is 1.60 bits per heavy atom. The molecule has 0 saturated heterocycles. The van der Waals surface area contributed by atoms with Gasteiger partial charge in [0.1, 0.15) is 0 Å². The summed E-state index contributed by atoms with van der Waals surface area (Å²) in [6, 6.07) is 4.87. The number of hydrogen-bond donors (Lipinski definition) is 1. The monoisotopic (exact) mass is 139 g/mol. The molecule has 10 heavy (non-hydrogen) atoms. The molecule has 1 aromatic heterocycles. The summed E-state index contributed by atoms with van der Waals surface area (Å²) >= 11 is 0. The summed E-state index contributed by atoms with van der Waals surface area (Å²) in [6.07, 6.45) is 1.48. The Balaban J connectivity index is 2.67. The van der Waals surface area contributed by atoms with Gasteiger partial charge in [-0.15, -0.1) is 0 Å². The van der Waals surface area contributed by atoms with Crippen molar-refractivity contribution in [3.63, 3.8) is 0 Å². The Kier molecular flexibility index (Phi) is 1.79. The van der Waals surface area contributed by atoms with E-state index in [0.29, 0.717) is 0 Å². The number of anilines is 1. The smallest absolute Gasteiger partial charge is 0.190 e. The molecule has 1 heterocycles. The third kappa shape index (κ3) is 1.70. The molecule has 5 heteroatoms. The molecule has 52 valence electrons. The number of nitro groups is 1. The third-order valence-electron chi connectivity index (χ3n) is 0.871. The summed E-state index contributed by atoms with van der Waals surface area (Å²) in [5.41, 5.74) is 1.92. The third-order valence-corrected chi connectivity index (χ3v) is 0.871. The average molecular weight is 139 g/mol. The van der Waals surface area contributed by atoms with Crippen molar-refractivity contribution in [3.05, 3.63) is 34.5 Å². The van der Waals surface area contributed by atoms with Crippen molar-refractivity contribution in [2.45, 2.75) is 0 Å². The van der Waals surface area contributed by atoms with E-state index in [1.54, 1.807) is 12.1 Å². The molecule has 0 aliphatic rings. The molecule has 0 spiro atoms. The van der Waals surface area contributed by atoms with E-state index in [9.17, 15) is 10.1 Å². The molecule has 0 unspecified atom stereocenters. The fourth-order valence-corrected chi connectivity index (χ4v) is 0.522. The fraction of sp³-hybridized carbons (Fsp3) is 0. The van der Waals surface area contributed by atoms with Gasteiger partial charge in [0.05, 0.1) is 0 Å². The summed E-state index contributed by atoms with van der Waals surface area (Å²) in [7, 11) is 0. The maximum absolute atomic E-state index is 9.82. The number of nitrogens with one attached hydrogen (secondary N) is 1. The van der Waals surface area contributed by atoms with Crippen LogP contribution in [0.15, 0.2) is 24.4 Å². The lowest BCUT2D eigenvalue weighted by molar-refractivity contribution is -0.445. The van der Waals surface area contributed by atoms with Crippen LogP contribution in [0.3, 0.4) is 0 Å². The number of hydrazine groups is 1. The number of rotatable bonds is 2. The molecule has 1 rings (SSSR count). The maximum atomic E-state index is 9.82. The van der Waals surface area contributed by atoms with Crippen LogP contribution >= 0.6 is 0 Å². The van der Waals surface area contributed by atoms with Gasteiger partial charge in [0, 0.05) is 6.20 Å². The highest BCUT2D eigenvalue weighted by atomic mass is 16.7. The van der Waals surface area contributed by atoms with Crippen LogP contribution in [-0.4, -0.2) is 10.0 Å². The van der Waals surface area contributed by atoms with Crippen molar-refractivity contribution in [1.82, 2.24) is 4.98 Å². The van der Waals surface area contributed by atoms with E-state index >= 15 is 0 Å². The molecular formula is C5H5N3O2. The molecule has 0 amide bonds. The van der Waals surface area contributed by atoms with Crippen LogP contribution in [0, 0.1) is 10.1 Å². The average Bonchev–Trinajstić information content (AvgIpc) is 1.88. The number of hydrogen-bond acceptors (Lipinski definition) is 3. The summed E-state index contributed by atoms with van der Waals surface area (Å²) in [5, 5.41) is 9.17. The highest BCUT2D eigenvalue weighted by Crippen LogP contribution is 1.97. The SMILES string of the molecule is O=[N+]([O-])Nc1ccccn1. The highest BCUT2D eigenvalue weighted by Gasteiger charge is 1.95. The van der Waals surface area contributed by atoms with Gasteiger partial charge in [0.15, 0.2) is 10.9 Å². The Labute approximate surface area is 56.8 Å². The van der Waals surface area contributed by atoms with Gasteiger partial charge >= 0.3 is 0 Å². The molecule has 0 fully saturated rings. The molecule has 1 N–H and O–H groups in total. The van der Waals surface area contributed by atoms with Crippen molar-refractivity contribution < 1.29 is 5.03 Å². The molecule has 0 atom stereocenters. The number of nitrogens with zero attached hydrogens (tertiary/aromatic N) is 2. The van der Waals surface area contributed by atoms with Gasteiger partial charge in [-0.1, -0.05) is 11.5 Å². The van der Waals surface area contributed by atoms with Crippen molar-refractivity contribution in [1.29, 1.82) is 0 Å². The van der Waals surface area contributed by atoms with E-state index in [4.69, 9.17) is 0 Å². The van der Waals surface area contributed by atoms with Crippen molar-refractivity contribution in [2.75, 3.05) is 5.43 Å². The zero-order valence-electron chi connectivity index (χ0n) is 5.02. The van der Waals surface area contributed by atoms with Gasteiger partial charge in [-0.25, -0.2) is 15.1 Å². The first-order valence-electron chi connectivity index (χ1n) is 2.61. The summed E-state index contributed by atoms with van der Waals surface area (Å²) in [4.78, 5) is 13.5. The molecule has 0 aliphatic carbocycles. The van der Waals surface area contributed by atoms with E-state index in [1.807, 2.05) is 5.43 Å². The van der Waals surface area contributed by atoms with E-state index in [1.165, 1.54) is 12.3 Å². The van der Waals surface area contributed by atoms with Crippen LogP contribution in [-0.2, 0) is 0 Å². The number of aromatic nitrogens is 1. The zero-order chi connectivity index (χ0) is 7.40. The first kappa shape index (κ1) is 6.47. The van der Waals surface area contributed by atoms with Crippen molar-refractivity contribution in [2.24, 2.45) is 0 Å². The van der Waals surface area contributed by atoms with E-state index < -0.39 is 5.03 Å². The molecule has 0 bridgehead atoms. The Morgan fingerprint density at radius 2 is 2.40 bits per heavy atom. The van der Waals surface area contributed by atoms with Crippen LogP contribution in [0.1, 0.15) is 0 Å². The quantitative estimate of drug-likeness (QED) is 0.483. The zero-order valence-corrected chi connectivity index (χ0v) is 5.02. The van der Waals surface area contributed by atoms with Crippen LogP contribution in [0.2, 0.25) is 0 Å². The first-order chi connectivity index (χ1) is 4.79. The molecule has 0 aromatic carbocycles. The van der Waals surface area contributed by atoms with Gasteiger partial charge in [-0.05, 0) is 12.1 Å². The van der Waals surface area contributed by atoms with Crippen LogP contribution < -0.4 is 5.43 Å². The van der Waals surface area contributed by atoms with Gasteiger partial charge in [-0.2, -0.15) is 0 Å². The minimum atomic E-state index is -0.650. The summed E-state index contributed by atoms with van der Waals surface area (Å²) in [6.45, 7) is 0. The van der Waals surface area contributed by atoms with Gasteiger partial charge in [0.2, 0.25) is 0 Å². The van der Waals surface area contributed by atoms with Gasteiger partial charge in [0.25, 0.3) is 0 Å². The van der Waals surface area contributed by atoms with E-state index in [-0.39, 0.29) is 5.82 Å². The summed E-state index contributed by atoms with van der Waals surface area (Å²) < 4.78 is 0. The van der Waals surface area contributed by atoms with E-state index in [0.717, 1.165) is 0 Å². The van der Waals surface area contributed by atoms with Gasteiger partial charge < -0.3 is 0 Å². The normalized spacial score (nSPS) is 8.80. The Morgan fingerprint density at radius 3 is 2.90 bits per heavy atom. The van der Waals surface area contributed by atoms with Crippen molar-refractivity contribution >= 4 is 5.82 Å². The van der Waals surface area contributed by atoms with Gasteiger partial charge in [-0.3, -0.25) is 0 Å². The summed E-state index contributed by atoms with van der Waals surface area (Å²) in [5.74, 6) is 0.243. The Bertz CT molecular complexity index is 224. The second-order valence-electron chi connectivity index (χ2n) is 1.58. The predicted octanol–water partition coefficient (Wildman–Crippen LogP) is 0.685.